The van der Waals surface area contributed by atoms with Crippen LogP contribution in [0.5, 0.6) is 0 Å². The van der Waals surface area contributed by atoms with Crippen molar-refractivity contribution in [2.75, 3.05) is 5.75 Å². The van der Waals surface area contributed by atoms with E-state index in [1.807, 2.05) is 0 Å². The van der Waals surface area contributed by atoms with Crippen LogP contribution >= 0.6 is 11.9 Å². The van der Waals surface area contributed by atoms with Gasteiger partial charge in [-0.25, -0.2) is 0 Å². The molecule has 1 aliphatic heterocycles. The quantitative estimate of drug-likeness (QED) is 0.425. The first-order valence-electron chi connectivity index (χ1n) is 1.92. The maximum absolute atomic E-state index is 3.82. The van der Waals surface area contributed by atoms with Gasteiger partial charge in [0.05, 0.1) is 6.04 Å². The van der Waals surface area contributed by atoms with Gasteiger partial charge in [-0.1, -0.05) is 0 Å². The van der Waals surface area contributed by atoms with E-state index in [4.69, 9.17) is 0 Å². The summed E-state index contributed by atoms with van der Waals surface area (Å²) in [5, 5.41) is 3.82. The lowest BCUT2D eigenvalue weighted by atomic mass is 10.4. The fourth-order valence-electron chi connectivity index (χ4n) is 0.288. The van der Waals surface area contributed by atoms with Gasteiger partial charge in [0.2, 0.25) is 0 Å². The Labute approximate surface area is 41.2 Å². The minimum atomic E-state index is 0.468. The summed E-state index contributed by atoms with van der Waals surface area (Å²) < 4.78 is 3.71. The van der Waals surface area contributed by atoms with Crippen molar-refractivity contribution in [3.05, 3.63) is 0 Å². The highest BCUT2D eigenvalue weighted by atomic mass is 32.2. The topological polar surface area (TPSA) is 24.7 Å². The van der Waals surface area contributed by atoms with Crippen LogP contribution in [-0.2, 0) is 0 Å². The molecule has 6 heavy (non-hydrogen) atoms. The lowest BCUT2D eigenvalue weighted by Gasteiger charge is -1.83. The van der Waals surface area contributed by atoms with Gasteiger partial charge in [-0.15, -0.1) is 4.52 Å². The minimum Gasteiger partial charge on any atom is -0.178 e. The Morgan fingerprint density at radius 2 is 2.67 bits per heavy atom. The second-order valence-corrected chi connectivity index (χ2v) is 2.10. The second-order valence-electron chi connectivity index (χ2n) is 1.34. The summed E-state index contributed by atoms with van der Waals surface area (Å²) >= 11 is 1.54. The van der Waals surface area contributed by atoms with Crippen LogP contribution in [0.2, 0.25) is 0 Å². The maximum Gasteiger partial charge on any atom is 0.0799 e. The highest BCUT2D eigenvalue weighted by Crippen LogP contribution is 2.15. The molecular formula is C3H6N2S. The van der Waals surface area contributed by atoms with E-state index in [0.29, 0.717) is 6.04 Å². The molecule has 0 bridgehead atoms. The summed E-state index contributed by atoms with van der Waals surface area (Å²) in [6, 6.07) is 0.468. The van der Waals surface area contributed by atoms with Gasteiger partial charge < -0.3 is 0 Å². The molecule has 2 nitrogen and oxygen atoms in total. The Morgan fingerprint density at radius 3 is 2.83 bits per heavy atom. The third kappa shape index (κ3) is 0.712. The van der Waals surface area contributed by atoms with E-state index in [1.165, 1.54) is 0 Å². The van der Waals surface area contributed by atoms with Gasteiger partial charge in [0.1, 0.15) is 0 Å². The Hall–Kier alpha value is -0.0500. The van der Waals surface area contributed by atoms with E-state index in [9.17, 15) is 0 Å². The van der Waals surface area contributed by atoms with Crippen molar-refractivity contribution in [2.45, 2.75) is 13.0 Å². The number of hydrogen-bond acceptors (Lipinski definition) is 3. The summed E-state index contributed by atoms with van der Waals surface area (Å²) in [5.74, 6) is 1.07. The lowest BCUT2D eigenvalue weighted by Crippen LogP contribution is -1.92. The molecule has 0 amide bonds. The molecule has 0 unspecified atom stereocenters. The summed E-state index contributed by atoms with van der Waals surface area (Å²) in [5.41, 5.74) is 0. The van der Waals surface area contributed by atoms with Gasteiger partial charge in [-0.3, -0.25) is 0 Å². The molecule has 0 aromatic carbocycles. The van der Waals surface area contributed by atoms with E-state index < -0.39 is 0 Å². The van der Waals surface area contributed by atoms with Crippen LogP contribution < -0.4 is 0 Å². The molecule has 0 spiro atoms. The van der Waals surface area contributed by atoms with Crippen LogP contribution in [0.4, 0.5) is 0 Å². The molecule has 0 aliphatic carbocycles. The van der Waals surface area contributed by atoms with Gasteiger partial charge in [0.25, 0.3) is 0 Å². The smallest absolute Gasteiger partial charge is 0.0799 e. The predicted molar refractivity (Wildman–Crippen MR) is 26.8 cm³/mol. The number of hydrogen-bond donors (Lipinski definition) is 0. The second kappa shape index (κ2) is 1.60. The molecule has 1 heterocycles. The van der Waals surface area contributed by atoms with Gasteiger partial charge in [0.15, 0.2) is 0 Å². The van der Waals surface area contributed by atoms with Gasteiger partial charge >= 0.3 is 0 Å². The fraction of sp³-hybridized carbons (Fsp3) is 1.00. The van der Waals surface area contributed by atoms with Crippen LogP contribution in [0.15, 0.2) is 9.63 Å². The Kier molecular flexibility index (Phi) is 1.10. The fourth-order valence-corrected chi connectivity index (χ4v) is 0.865. The average molecular weight is 102 g/mol. The van der Waals surface area contributed by atoms with Crippen molar-refractivity contribution in [1.29, 1.82) is 0 Å². The molecule has 0 fully saturated rings. The van der Waals surface area contributed by atoms with E-state index >= 15 is 0 Å². The first-order valence-corrected chi connectivity index (χ1v) is 2.86. The van der Waals surface area contributed by atoms with Gasteiger partial charge in [-0.05, 0) is 18.9 Å². The summed E-state index contributed by atoms with van der Waals surface area (Å²) in [6.45, 7) is 2.06. The zero-order valence-electron chi connectivity index (χ0n) is 3.59. The molecule has 1 aliphatic rings. The van der Waals surface area contributed by atoms with Gasteiger partial charge in [-0.2, -0.15) is 5.11 Å². The van der Waals surface area contributed by atoms with Crippen LogP contribution in [0.1, 0.15) is 6.92 Å². The molecule has 0 N–H and O–H groups in total. The predicted octanol–water partition coefficient (Wildman–Crippen LogP) is 1.49. The first-order chi connectivity index (χ1) is 2.89. The number of nitrogens with zero attached hydrogens (tertiary/aromatic N) is 2. The van der Waals surface area contributed by atoms with Crippen molar-refractivity contribution >= 4 is 11.9 Å². The molecule has 0 saturated heterocycles. The normalized spacial score (nSPS) is 31.8. The van der Waals surface area contributed by atoms with Crippen molar-refractivity contribution in [2.24, 2.45) is 9.63 Å². The molecule has 34 valence electrons. The van der Waals surface area contributed by atoms with Crippen LogP contribution in [0, 0.1) is 0 Å². The van der Waals surface area contributed by atoms with E-state index in [2.05, 4.69) is 16.6 Å². The molecule has 0 aromatic heterocycles. The number of rotatable bonds is 0. The molecule has 0 radical (unpaired) electrons. The Balaban J connectivity index is 2.38. The Bertz CT molecular complexity index is 71.2. The van der Waals surface area contributed by atoms with Crippen LogP contribution in [0.3, 0.4) is 0 Å². The van der Waals surface area contributed by atoms with Crippen molar-refractivity contribution in [1.82, 2.24) is 0 Å². The lowest BCUT2D eigenvalue weighted by molar-refractivity contribution is 0.831. The van der Waals surface area contributed by atoms with Crippen LogP contribution in [-0.4, -0.2) is 11.8 Å². The zero-order valence-corrected chi connectivity index (χ0v) is 4.40. The maximum atomic E-state index is 3.82. The SMILES string of the molecule is C[C@H]1CSN=N1. The highest BCUT2D eigenvalue weighted by Gasteiger charge is 2.03. The Morgan fingerprint density at radius 1 is 1.83 bits per heavy atom. The molecule has 3 heteroatoms. The molecule has 1 atom stereocenters. The van der Waals surface area contributed by atoms with E-state index in [0.717, 1.165) is 5.75 Å². The summed E-state index contributed by atoms with van der Waals surface area (Å²) in [4.78, 5) is 0. The summed E-state index contributed by atoms with van der Waals surface area (Å²) in [6.07, 6.45) is 0. The molecule has 0 aromatic rings. The standard InChI is InChI=1S/C3H6N2S/c1-3-2-6-5-4-3/h3H,2H2,1H3/t3-/m0/s1. The third-order valence-corrected chi connectivity index (χ3v) is 1.46. The largest absolute Gasteiger partial charge is 0.178 e. The summed E-state index contributed by atoms with van der Waals surface area (Å²) in [7, 11) is 0. The molecular weight excluding hydrogens is 96.1 g/mol. The van der Waals surface area contributed by atoms with Crippen molar-refractivity contribution in [3.63, 3.8) is 0 Å². The average Bonchev–Trinajstić information content (AvgIpc) is 1.86. The monoisotopic (exact) mass is 102 g/mol. The molecule has 0 saturated carbocycles. The van der Waals surface area contributed by atoms with E-state index in [1.54, 1.807) is 11.9 Å². The van der Waals surface area contributed by atoms with E-state index in [-0.39, 0.29) is 0 Å². The zero-order chi connectivity index (χ0) is 4.41. The minimum absolute atomic E-state index is 0.468. The third-order valence-electron chi connectivity index (χ3n) is 0.618. The van der Waals surface area contributed by atoms with Crippen LogP contribution in [0.25, 0.3) is 0 Å². The van der Waals surface area contributed by atoms with Crippen molar-refractivity contribution < 1.29 is 0 Å². The first kappa shape index (κ1) is 4.12. The highest BCUT2D eigenvalue weighted by molar-refractivity contribution is 7.98. The van der Waals surface area contributed by atoms with Gasteiger partial charge in [0, 0.05) is 5.75 Å². The molecule has 1 rings (SSSR count). The van der Waals surface area contributed by atoms with Crippen molar-refractivity contribution in [3.8, 4) is 0 Å².